The van der Waals surface area contributed by atoms with Crippen LogP contribution in [0.25, 0.3) is 11.0 Å². The van der Waals surface area contributed by atoms with E-state index in [1.165, 1.54) is 0 Å². The summed E-state index contributed by atoms with van der Waals surface area (Å²) in [6.45, 7) is 0.443. The van der Waals surface area contributed by atoms with E-state index >= 15 is 0 Å². The van der Waals surface area contributed by atoms with Gasteiger partial charge in [0.2, 0.25) is 5.91 Å². The topological polar surface area (TPSA) is 91.9 Å². The van der Waals surface area contributed by atoms with E-state index in [1.807, 2.05) is 24.3 Å². The summed E-state index contributed by atoms with van der Waals surface area (Å²) in [6.07, 6.45) is 1.54. The van der Waals surface area contributed by atoms with Crippen LogP contribution in [-0.4, -0.2) is 42.3 Å². The number of imidazole rings is 1. The molecule has 1 fully saturated rings. The minimum absolute atomic E-state index is 0.0557. The number of sulfone groups is 1. The van der Waals surface area contributed by atoms with E-state index in [4.69, 9.17) is 0 Å². The van der Waals surface area contributed by atoms with E-state index in [1.54, 1.807) is 0 Å². The van der Waals surface area contributed by atoms with Crippen molar-refractivity contribution in [2.45, 2.75) is 19.3 Å². The lowest BCUT2D eigenvalue weighted by molar-refractivity contribution is -0.121. The minimum atomic E-state index is -2.88. The molecule has 0 spiro atoms. The summed E-state index contributed by atoms with van der Waals surface area (Å²) in [5, 5.41) is 2.82. The predicted octanol–water partition coefficient (Wildman–Crippen LogP) is 1.05. The predicted molar refractivity (Wildman–Crippen MR) is 84.2 cm³/mol. The van der Waals surface area contributed by atoms with Crippen LogP contribution >= 0.6 is 0 Å². The molecule has 118 valence electrons. The van der Waals surface area contributed by atoms with Crippen LogP contribution in [0.5, 0.6) is 0 Å². The zero-order chi connectivity index (χ0) is 15.6. The summed E-state index contributed by atoms with van der Waals surface area (Å²) in [5.41, 5.74) is 1.86. The Kier molecular flexibility index (Phi) is 4.15. The molecular weight excluding hydrogens is 302 g/mol. The van der Waals surface area contributed by atoms with Gasteiger partial charge in [-0.05, 0) is 24.5 Å². The molecule has 1 atom stereocenters. The van der Waals surface area contributed by atoms with Gasteiger partial charge in [-0.25, -0.2) is 13.4 Å². The number of hydrogen-bond acceptors (Lipinski definition) is 4. The van der Waals surface area contributed by atoms with Gasteiger partial charge in [-0.3, -0.25) is 4.79 Å². The van der Waals surface area contributed by atoms with E-state index in [0.717, 1.165) is 16.9 Å². The number of nitrogens with zero attached hydrogens (tertiary/aromatic N) is 1. The Morgan fingerprint density at radius 1 is 1.36 bits per heavy atom. The van der Waals surface area contributed by atoms with Crippen LogP contribution in [0, 0.1) is 5.92 Å². The highest BCUT2D eigenvalue weighted by atomic mass is 32.2. The minimum Gasteiger partial charge on any atom is -0.356 e. The molecule has 0 radical (unpaired) electrons. The van der Waals surface area contributed by atoms with Crippen LogP contribution in [-0.2, 0) is 21.1 Å². The second-order valence-electron chi connectivity index (χ2n) is 5.77. The average molecular weight is 321 g/mol. The highest BCUT2D eigenvalue weighted by Gasteiger charge is 2.27. The molecule has 2 aromatic rings. The second kappa shape index (κ2) is 6.08. The smallest absolute Gasteiger partial charge is 0.220 e. The molecule has 6 nitrogen and oxygen atoms in total. The van der Waals surface area contributed by atoms with E-state index in [-0.39, 0.29) is 23.3 Å². The maximum absolute atomic E-state index is 11.8. The van der Waals surface area contributed by atoms with Crippen molar-refractivity contribution in [1.82, 2.24) is 15.3 Å². The van der Waals surface area contributed by atoms with Crippen molar-refractivity contribution in [3.8, 4) is 0 Å². The van der Waals surface area contributed by atoms with Crippen LogP contribution in [0.15, 0.2) is 24.3 Å². The Morgan fingerprint density at radius 2 is 2.18 bits per heavy atom. The standard InChI is InChI=1S/C15H19N3O3S/c19-15(16-9-11-7-8-22(20,21)10-11)6-5-14-17-12-3-1-2-4-13(12)18-14/h1-4,11H,5-10H2,(H,16,19)(H,17,18). The molecule has 1 aromatic carbocycles. The highest BCUT2D eigenvalue weighted by molar-refractivity contribution is 7.91. The third-order valence-electron chi connectivity index (χ3n) is 3.94. The molecule has 0 aliphatic carbocycles. The maximum atomic E-state index is 11.8. The van der Waals surface area contributed by atoms with Crippen molar-refractivity contribution in [3.63, 3.8) is 0 Å². The largest absolute Gasteiger partial charge is 0.356 e. The van der Waals surface area contributed by atoms with Crippen LogP contribution in [0.1, 0.15) is 18.7 Å². The number of para-hydroxylation sites is 2. The number of aromatic nitrogens is 2. The summed E-state index contributed by atoms with van der Waals surface area (Å²) in [4.78, 5) is 19.5. The molecule has 1 amide bonds. The number of H-pyrrole nitrogens is 1. The van der Waals surface area contributed by atoms with Gasteiger partial charge in [-0.1, -0.05) is 12.1 Å². The molecule has 2 N–H and O–H groups in total. The average Bonchev–Trinajstić information content (AvgIpc) is 3.05. The lowest BCUT2D eigenvalue weighted by Gasteiger charge is -2.09. The zero-order valence-electron chi connectivity index (χ0n) is 12.2. The van der Waals surface area contributed by atoms with Crippen LogP contribution in [0.3, 0.4) is 0 Å². The Labute approximate surface area is 129 Å². The fraction of sp³-hybridized carbons (Fsp3) is 0.467. The second-order valence-corrected chi connectivity index (χ2v) is 8.00. The normalized spacial score (nSPS) is 20.3. The molecule has 1 aliphatic heterocycles. The van der Waals surface area contributed by atoms with Crippen molar-refractivity contribution in [1.29, 1.82) is 0 Å². The molecule has 1 unspecified atom stereocenters. The number of aryl methyl sites for hydroxylation is 1. The molecule has 22 heavy (non-hydrogen) atoms. The summed E-state index contributed by atoms with van der Waals surface area (Å²) in [7, 11) is -2.88. The quantitative estimate of drug-likeness (QED) is 0.861. The van der Waals surface area contributed by atoms with Gasteiger partial charge in [0, 0.05) is 19.4 Å². The number of nitrogens with one attached hydrogen (secondary N) is 2. The van der Waals surface area contributed by atoms with E-state index < -0.39 is 9.84 Å². The van der Waals surface area contributed by atoms with Gasteiger partial charge in [0.15, 0.2) is 9.84 Å². The molecule has 0 bridgehead atoms. The summed E-state index contributed by atoms with van der Waals surface area (Å²) < 4.78 is 22.7. The Morgan fingerprint density at radius 3 is 2.91 bits per heavy atom. The highest BCUT2D eigenvalue weighted by Crippen LogP contribution is 2.17. The Balaban J connectivity index is 1.46. The first-order valence-corrected chi connectivity index (χ1v) is 9.25. The molecule has 7 heteroatoms. The number of carbonyl (C=O) groups is 1. The fourth-order valence-corrected chi connectivity index (χ4v) is 4.60. The molecule has 1 aromatic heterocycles. The number of carbonyl (C=O) groups excluding carboxylic acids is 1. The van der Waals surface area contributed by atoms with Gasteiger partial charge < -0.3 is 10.3 Å². The molecule has 0 saturated carbocycles. The molecule has 3 rings (SSSR count). The van der Waals surface area contributed by atoms with Crippen molar-refractivity contribution >= 4 is 26.8 Å². The van der Waals surface area contributed by atoms with Crippen molar-refractivity contribution in [2.24, 2.45) is 5.92 Å². The summed E-state index contributed by atoms with van der Waals surface area (Å²) >= 11 is 0. The van der Waals surface area contributed by atoms with Crippen molar-refractivity contribution in [3.05, 3.63) is 30.1 Å². The number of fused-ring (bicyclic) bond motifs is 1. The lowest BCUT2D eigenvalue weighted by atomic mass is 10.1. The van der Waals surface area contributed by atoms with Crippen LogP contribution in [0.4, 0.5) is 0 Å². The number of aromatic amines is 1. The lowest BCUT2D eigenvalue weighted by Crippen LogP contribution is -2.30. The summed E-state index contributed by atoms with van der Waals surface area (Å²) in [6, 6.07) is 7.74. The zero-order valence-corrected chi connectivity index (χ0v) is 13.0. The van der Waals surface area contributed by atoms with Gasteiger partial charge in [0.1, 0.15) is 5.82 Å². The van der Waals surface area contributed by atoms with Crippen molar-refractivity contribution < 1.29 is 13.2 Å². The van der Waals surface area contributed by atoms with Gasteiger partial charge in [-0.2, -0.15) is 0 Å². The number of benzene rings is 1. The Bertz CT molecular complexity index is 749. The Hall–Kier alpha value is -1.89. The first-order chi connectivity index (χ1) is 10.5. The SMILES string of the molecule is O=C(CCc1nc2ccccc2[nH]1)NCC1CCS(=O)(=O)C1. The van der Waals surface area contributed by atoms with Gasteiger partial charge in [-0.15, -0.1) is 0 Å². The van der Waals surface area contributed by atoms with Crippen LogP contribution < -0.4 is 5.32 Å². The van der Waals surface area contributed by atoms with Crippen LogP contribution in [0.2, 0.25) is 0 Å². The number of amides is 1. The van der Waals surface area contributed by atoms with Gasteiger partial charge >= 0.3 is 0 Å². The van der Waals surface area contributed by atoms with Crippen molar-refractivity contribution in [2.75, 3.05) is 18.1 Å². The molecular formula is C15H19N3O3S. The van der Waals surface area contributed by atoms with Gasteiger partial charge in [0.25, 0.3) is 0 Å². The first-order valence-electron chi connectivity index (χ1n) is 7.42. The maximum Gasteiger partial charge on any atom is 0.220 e. The van der Waals surface area contributed by atoms with E-state index in [0.29, 0.717) is 25.8 Å². The van der Waals surface area contributed by atoms with E-state index in [9.17, 15) is 13.2 Å². The molecule has 1 saturated heterocycles. The third-order valence-corrected chi connectivity index (χ3v) is 5.78. The number of rotatable bonds is 5. The van der Waals surface area contributed by atoms with E-state index in [2.05, 4.69) is 15.3 Å². The molecule has 1 aliphatic rings. The summed E-state index contributed by atoms with van der Waals surface area (Å²) in [5.74, 6) is 1.22. The fourth-order valence-electron chi connectivity index (χ4n) is 2.74. The first kappa shape index (κ1) is 15.0. The monoisotopic (exact) mass is 321 g/mol. The molecule has 2 heterocycles. The number of hydrogen-bond donors (Lipinski definition) is 2. The third kappa shape index (κ3) is 3.65. The van der Waals surface area contributed by atoms with Gasteiger partial charge in [0.05, 0.1) is 22.5 Å².